The molecule has 2 aromatic heterocycles. The first kappa shape index (κ1) is 42.3. The number of hydrogen-bond donors (Lipinski definition) is 2. The van der Waals surface area contributed by atoms with E-state index in [1.807, 2.05) is 6.08 Å². The van der Waals surface area contributed by atoms with Gasteiger partial charge in [-0.2, -0.15) is 5.01 Å². The molecule has 4 heterocycles. The molecule has 1 saturated carbocycles. The summed E-state index contributed by atoms with van der Waals surface area (Å²) >= 11 is 12.8. The van der Waals surface area contributed by atoms with Gasteiger partial charge in [-0.05, 0) is 65.6 Å². The van der Waals surface area contributed by atoms with E-state index < -0.39 is 52.0 Å². The van der Waals surface area contributed by atoms with Crippen molar-refractivity contribution in [3.63, 3.8) is 0 Å². The van der Waals surface area contributed by atoms with Crippen molar-refractivity contribution in [3.8, 4) is 28.7 Å². The van der Waals surface area contributed by atoms with Crippen molar-refractivity contribution in [3.05, 3.63) is 143 Å². The molecule has 4 atom stereocenters. The number of carbonyl (C=O) groups excluding carboxylic acids is 2. The molecule has 4 aromatic carbocycles. The molecule has 6 aromatic rings. The van der Waals surface area contributed by atoms with Crippen LogP contribution in [-0.4, -0.2) is 73.9 Å². The van der Waals surface area contributed by atoms with Gasteiger partial charge in [-0.15, -0.1) is 0 Å². The van der Waals surface area contributed by atoms with Gasteiger partial charge in [0.05, 0.1) is 74.1 Å². The van der Waals surface area contributed by atoms with Gasteiger partial charge in [0, 0.05) is 43.1 Å². The van der Waals surface area contributed by atoms with Crippen molar-refractivity contribution >= 4 is 51.7 Å². The SMILES string of the molecule is COc1ccc([C@@]23C(=O)N(Nc4ccc(Cl)cc4Cl)C(=O)[C@@H]2C[C@@H]2C(=CCn4c(=O)n(CCc5nc6cc(OC)c(OC)cc6n(C)c5=O)c(=O)n42)[C@@H]3c2ccc(O)c(OC)c2)cc1. The fourth-order valence-corrected chi connectivity index (χ4v) is 10.1. The molecule has 17 nitrogen and oxygen atoms in total. The number of ether oxygens (including phenoxy) is 4. The van der Waals surface area contributed by atoms with Crippen LogP contribution in [0.2, 0.25) is 10.0 Å². The van der Waals surface area contributed by atoms with Gasteiger partial charge in [0.1, 0.15) is 11.4 Å². The highest BCUT2D eigenvalue weighted by molar-refractivity contribution is 6.36. The lowest BCUT2D eigenvalue weighted by atomic mass is 9.53. The third-order valence-corrected chi connectivity index (χ3v) is 13.2. The fraction of sp³-hybridized carbons (Fsp3) is 0.289. The van der Waals surface area contributed by atoms with Gasteiger partial charge in [-0.25, -0.2) is 28.5 Å². The van der Waals surface area contributed by atoms with Gasteiger partial charge >= 0.3 is 11.4 Å². The number of carbonyl (C=O) groups is 2. The number of fused-ring (bicyclic) bond motifs is 5. The number of imide groups is 1. The summed E-state index contributed by atoms with van der Waals surface area (Å²) in [4.78, 5) is 77.8. The number of phenols is 1. The molecular weight excluding hydrogens is 869 g/mol. The number of hydrazine groups is 1. The van der Waals surface area contributed by atoms with Gasteiger partial charge in [-0.1, -0.05) is 47.5 Å². The van der Waals surface area contributed by atoms with E-state index in [0.717, 1.165) is 9.58 Å². The zero-order valence-corrected chi connectivity index (χ0v) is 36.6. The molecule has 3 aliphatic rings. The number of nitrogens with zero attached hydrogens (tertiary/aromatic N) is 6. The number of benzene rings is 4. The molecule has 1 aliphatic carbocycles. The molecule has 0 unspecified atom stereocenters. The van der Waals surface area contributed by atoms with Crippen molar-refractivity contribution in [1.29, 1.82) is 0 Å². The molecule has 2 amide bonds. The summed E-state index contributed by atoms with van der Waals surface area (Å²) in [7, 11) is 7.48. The van der Waals surface area contributed by atoms with Gasteiger partial charge in [0.2, 0.25) is 0 Å². The third-order valence-electron chi connectivity index (χ3n) is 12.7. The van der Waals surface area contributed by atoms with E-state index >= 15 is 9.59 Å². The van der Waals surface area contributed by atoms with Crippen molar-refractivity contribution in [2.45, 2.75) is 43.3 Å². The van der Waals surface area contributed by atoms with Crippen molar-refractivity contribution in [2.24, 2.45) is 13.0 Å². The summed E-state index contributed by atoms with van der Waals surface area (Å²) in [6, 6.07) is 18.6. The van der Waals surface area contributed by atoms with Crippen molar-refractivity contribution in [2.75, 3.05) is 33.9 Å². The number of anilines is 1. The summed E-state index contributed by atoms with van der Waals surface area (Å²) in [5.41, 5.74) is 2.43. The maximum absolute atomic E-state index is 15.5. The van der Waals surface area contributed by atoms with Gasteiger partial charge in [-0.3, -0.25) is 19.8 Å². The van der Waals surface area contributed by atoms with E-state index in [0.29, 0.717) is 50.0 Å². The largest absolute Gasteiger partial charge is 0.504 e. The molecule has 0 bridgehead atoms. The van der Waals surface area contributed by atoms with Crippen LogP contribution in [0, 0.1) is 5.92 Å². The minimum absolute atomic E-state index is 0.0654. The number of aromatic nitrogens is 5. The highest BCUT2D eigenvalue weighted by atomic mass is 35.5. The monoisotopic (exact) mass is 909 g/mol. The second kappa shape index (κ2) is 16.0. The summed E-state index contributed by atoms with van der Waals surface area (Å²) in [6.45, 7) is -0.257. The number of phenolic OH excluding ortho intramolecular Hbond substituents is 1. The average molecular weight is 911 g/mol. The second-order valence-electron chi connectivity index (χ2n) is 15.7. The minimum Gasteiger partial charge on any atom is -0.504 e. The first-order chi connectivity index (χ1) is 30.8. The number of methoxy groups -OCH3 is 4. The number of hydrogen-bond acceptors (Lipinski definition) is 12. The molecule has 2 aliphatic heterocycles. The Balaban J connectivity index is 1.18. The van der Waals surface area contributed by atoms with Crippen molar-refractivity contribution < 1.29 is 33.6 Å². The van der Waals surface area contributed by atoms with E-state index in [4.69, 9.17) is 42.1 Å². The summed E-state index contributed by atoms with van der Waals surface area (Å²) in [5, 5.41) is 12.2. The molecule has 2 fully saturated rings. The van der Waals surface area contributed by atoms with E-state index in [9.17, 15) is 19.5 Å². The number of allylic oxidation sites excluding steroid dienone is 2. The van der Waals surface area contributed by atoms with Crippen LogP contribution in [0.25, 0.3) is 11.0 Å². The standard InChI is InChI=1S/C45H41Cl2N7O10/c1-50-34-22-38(64-5)37(63-4)21-32(34)48-31(41(50)57)15-16-51-43(59)52-17-14-27-33(54(52)44(51)60)20-28-40(56)53(49-30-12-9-25(46)19-29(30)47)42(58)45(28,24-7-10-26(61-2)11-8-24)39(27)23-6-13-35(55)36(18-23)62-3/h6-14,18-19,21-22,28,33,39,49,55H,15-17,20H2,1-5H3/t28-,33+,39-,45+/m0/s1. The molecule has 1 saturated heterocycles. The number of halogens is 2. The van der Waals surface area contributed by atoms with Crippen LogP contribution in [0.15, 0.2) is 98.8 Å². The van der Waals surface area contributed by atoms with Gasteiger partial charge < -0.3 is 28.6 Å². The summed E-state index contributed by atoms with van der Waals surface area (Å²) < 4.78 is 27.0. The highest BCUT2D eigenvalue weighted by Gasteiger charge is 2.69. The zero-order valence-electron chi connectivity index (χ0n) is 35.1. The number of amides is 2. The van der Waals surface area contributed by atoms with Crippen LogP contribution >= 0.6 is 23.2 Å². The molecule has 64 heavy (non-hydrogen) atoms. The Morgan fingerprint density at radius 2 is 1.56 bits per heavy atom. The van der Waals surface area contributed by atoms with E-state index in [1.165, 1.54) is 54.5 Å². The lowest BCUT2D eigenvalue weighted by molar-refractivity contribution is -0.138. The topological polar surface area (TPSA) is 190 Å². The number of rotatable bonds is 11. The van der Waals surface area contributed by atoms with Gasteiger partial charge in [0.25, 0.3) is 17.4 Å². The Kier molecular flexibility index (Phi) is 10.6. The maximum atomic E-state index is 15.5. The van der Waals surface area contributed by atoms with Crippen molar-refractivity contribution in [1.82, 2.24) is 28.5 Å². The quantitative estimate of drug-likeness (QED) is 0.131. The lowest BCUT2D eigenvalue weighted by Gasteiger charge is -2.49. The summed E-state index contributed by atoms with van der Waals surface area (Å²) in [5.74, 6) is -2.03. The highest BCUT2D eigenvalue weighted by Crippen LogP contribution is 2.62. The minimum atomic E-state index is -1.66. The van der Waals surface area contributed by atoms with Gasteiger partial charge in [0.15, 0.2) is 23.0 Å². The summed E-state index contributed by atoms with van der Waals surface area (Å²) in [6.07, 6.45) is 1.66. The molecule has 19 heteroatoms. The Labute approximate surface area is 374 Å². The molecule has 9 rings (SSSR count). The smallest absolute Gasteiger partial charge is 0.347 e. The first-order valence-corrected chi connectivity index (χ1v) is 20.9. The Hall–Kier alpha value is -6.98. The first-order valence-electron chi connectivity index (χ1n) is 20.1. The predicted octanol–water partition coefficient (Wildman–Crippen LogP) is 4.97. The third kappa shape index (κ3) is 6.35. The number of aryl methyl sites for hydroxylation is 2. The van der Waals surface area contributed by atoms with Crippen LogP contribution in [0.5, 0.6) is 28.7 Å². The number of nitrogens with one attached hydrogen (secondary N) is 1. The average Bonchev–Trinajstić information content (AvgIpc) is 3.67. The van der Waals surface area contributed by atoms with Crippen LogP contribution < -0.4 is 41.3 Å². The molecular formula is C45H41Cl2N7O10. The van der Waals surface area contributed by atoms with E-state index in [2.05, 4.69) is 10.4 Å². The molecule has 0 spiro atoms. The van der Waals surface area contributed by atoms with E-state index in [1.54, 1.807) is 67.7 Å². The molecule has 0 radical (unpaired) electrons. The Morgan fingerprint density at radius 3 is 2.25 bits per heavy atom. The molecule has 330 valence electrons. The van der Waals surface area contributed by atoms with E-state index in [-0.39, 0.29) is 53.8 Å². The predicted molar refractivity (Wildman–Crippen MR) is 236 cm³/mol. The lowest BCUT2D eigenvalue weighted by Crippen LogP contribution is -2.53. The van der Waals surface area contributed by atoms with Crippen LogP contribution in [0.3, 0.4) is 0 Å². The van der Waals surface area contributed by atoms with Crippen LogP contribution in [0.1, 0.15) is 35.2 Å². The Morgan fingerprint density at radius 1 is 0.844 bits per heavy atom. The fourth-order valence-electron chi connectivity index (χ4n) is 9.68. The normalized spacial score (nSPS) is 20.1. The number of aromatic hydroxyl groups is 1. The van der Waals surface area contributed by atoms with Crippen LogP contribution in [0.4, 0.5) is 5.69 Å². The Bertz CT molecular complexity index is 3140. The second-order valence-corrected chi connectivity index (χ2v) is 16.5. The zero-order chi connectivity index (χ0) is 45.4. The maximum Gasteiger partial charge on any atom is 0.347 e. The molecule has 2 N–H and O–H groups in total. The van der Waals surface area contributed by atoms with Crippen LogP contribution in [-0.2, 0) is 41.6 Å².